The Hall–Kier alpha value is -1.39. The number of halogens is 1. The zero-order valence-corrected chi connectivity index (χ0v) is 11.5. The van der Waals surface area contributed by atoms with Crippen LogP contribution in [0.4, 0.5) is 4.39 Å². The first-order chi connectivity index (χ1) is 9.22. The van der Waals surface area contributed by atoms with Crippen molar-refractivity contribution >= 4 is 11.3 Å². The molecule has 2 heterocycles. The van der Waals surface area contributed by atoms with E-state index in [4.69, 9.17) is 4.74 Å². The van der Waals surface area contributed by atoms with E-state index in [1.54, 1.807) is 23.5 Å². The molecular weight excluding hydrogens is 261 g/mol. The largest absolute Gasteiger partial charge is 0.488 e. The Morgan fingerprint density at radius 3 is 3.16 bits per heavy atom. The molecule has 0 aliphatic carbocycles. The Morgan fingerprint density at radius 2 is 2.37 bits per heavy atom. The quantitative estimate of drug-likeness (QED) is 0.923. The monoisotopic (exact) mass is 277 g/mol. The van der Waals surface area contributed by atoms with Gasteiger partial charge in [0.05, 0.1) is 0 Å². The molecule has 2 atom stereocenters. The third kappa shape index (κ3) is 2.80. The SMILES string of the molecule is C[C@@H](NCC1Cc2cc(F)ccc2O1)c1cccs1. The minimum absolute atomic E-state index is 0.0965. The van der Waals surface area contributed by atoms with E-state index in [0.29, 0.717) is 6.04 Å². The minimum Gasteiger partial charge on any atom is -0.488 e. The van der Waals surface area contributed by atoms with Gasteiger partial charge in [0.1, 0.15) is 17.7 Å². The lowest BCUT2D eigenvalue weighted by molar-refractivity contribution is 0.223. The Labute approximate surface area is 116 Å². The third-order valence-corrected chi connectivity index (χ3v) is 4.44. The van der Waals surface area contributed by atoms with Gasteiger partial charge in [0, 0.05) is 29.4 Å². The fraction of sp³-hybridized carbons (Fsp3) is 0.333. The van der Waals surface area contributed by atoms with Crippen LogP contribution in [0.1, 0.15) is 23.4 Å². The molecule has 4 heteroatoms. The van der Waals surface area contributed by atoms with Gasteiger partial charge in [0.2, 0.25) is 0 Å². The molecule has 2 nitrogen and oxygen atoms in total. The van der Waals surface area contributed by atoms with Crippen LogP contribution < -0.4 is 10.1 Å². The summed E-state index contributed by atoms with van der Waals surface area (Å²) < 4.78 is 18.9. The zero-order chi connectivity index (χ0) is 13.2. The van der Waals surface area contributed by atoms with Crippen molar-refractivity contribution in [2.24, 2.45) is 0 Å². The Balaban J connectivity index is 1.56. The lowest BCUT2D eigenvalue weighted by Crippen LogP contribution is -2.31. The predicted octanol–water partition coefficient (Wildman–Crippen LogP) is 3.54. The van der Waals surface area contributed by atoms with E-state index in [9.17, 15) is 4.39 Å². The molecular formula is C15H16FNOS. The summed E-state index contributed by atoms with van der Waals surface area (Å²) in [5, 5.41) is 5.55. The summed E-state index contributed by atoms with van der Waals surface area (Å²) in [4.78, 5) is 1.32. The average molecular weight is 277 g/mol. The summed E-state index contributed by atoms with van der Waals surface area (Å²) >= 11 is 1.75. The van der Waals surface area contributed by atoms with Crippen molar-refractivity contribution in [1.29, 1.82) is 0 Å². The highest BCUT2D eigenvalue weighted by Gasteiger charge is 2.23. The summed E-state index contributed by atoms with van der Waals surface area (Å²) in [6, 6.07) is 9.24. The highest BCUT2D eigenvalue weighted by atomic mass is 32.1. The molecule has 0 saturated heterocycles. The molecule has 1 aromatic heterocycles. The average Bonchev–Trinajstić information content (AvgIpc) is 3.04. The standard InChI is InChI=1S/C15H16FNOS/c1-10(15-3-2-6-19-15)17-9-13-8-11-7-12(16)4-5-14(11)18-13/h2-7,10,13,17H,8-9H2,1H3/t10-,13?/m1/s1. The number of hydrogen-bond donors (Lipinski definition) is 1. The van der Waals surface area contributed by atoms with E-state index in [0.717, 1.165) is 24.3 Å². The van der Waals surface area contributed by atoms with E-state index in [-0.39, 0.29) is 11.9 Å². The Bertz CT molecular complexity index is 555. The van der Waals surface area contributed by atoms with Crippen LogP contribution in [-0.4, -0.2) is 12.6 Å². The normalized spacial score (nSPS) is 18.9. The Morgan fingerprint density at radius 1 is 1.47 bits per heavy atom. The molecule has 2 aromatic rings. The molecule has 1 aromatic carbocycles. The van der Waals surface area contributed by atoms with Crippen LogP contribution in [0.3, 0.4) is 0 Å². The predicted molar refractivity (Wildman–Crippen MR) is 75.3 cm³/mol. The first-order valence-electron chi connectivity index (χ1n) is 6.44. The van der Waals surface area contributed by atoms with Gasteiger partial charge in [-0.05, 0) is 36.6 Å². The van der Waals surface area contributed by atoms with E-state index in [2.05, 4.69) is 29.8 Å². The van der Waals surface area contributed by atoms with Gasteiger partial charge in [-0.2, -0.15) is 0 Å². The molecule has 1 aliphatic rings. The maximum atomic E-state index is 13.1. The second kappa shape index (κ2) is 5.31. The van der Waals surface area contributed by atoms with Crippen molar-refractivity contribution in [3.8, 4) is 5.75 Å². The van der Waals surface area contributed by atoms with Crippen LogP contribution in [0.5, 0.6) is 5.75 Å². The van der Waals surface area contributed by atoms with E-state index < -0.39 is 0 Å². The fourth-order valence-electron chi connectivity index (χ4n) is 2.35. The molecule has 19 heavy (non-hydrogen) atoms. The summed E-state index contributed by atoms with van der Waals surface area (Å²) in [5.74, 6) is 0.625. The highest BCUT2D eigenvalue weighted by molar-refractivity contribution is 7.10. The lowest BCUT2D eigenvalue weighted by Gasteiger charge is -2.16. The topological polar surface area (TPSA) is 21.3 Å². The number of hydrogen-bond acceptors (Lipinski definition) is 3. The number of benzene rings is 1. The van der Waals surface area contributed by atoms with Gasteiger partial charge in [-0.1, -0.05) is 6.07 Å². The molecule has 0 spiro atoms. The van der Waals surface area contributed by atoms with Crippen LogP contribution in [-0.2, 0) is 6.42 Å². The van der Waals surface area contributed by atoms with Crippen LogP contribution >= 0.6 is 11.3 Å². The first-order valence-corrected chi connectivity index (χ1v) is 7.32. The molecule has 0 fully saturated rings. The molecule has 0 bridgehead atoms. The van der Waals surface area contributed by atoms with Crippen molar-refractivity contribution < 1.29 is 9.13 Å². The van der Waals surface area contributed by atoms with Gasteiger partial charge in [-0.25, -0.2) is 4.39 Å². The van der Waals surface area contributed by atoms with Gasteiger partial charge in [0.25, 0.3) is 0 Å². The van der Waals surface area contributed by atoms with Crippen molar-refractivity contribution in [2.45, 2.75) is 25.5 Å². The van der Waals surface area contributed by atoms with E-state index in [1.165, 1.54) is 10.9 Å². The summed E-state index contributed by atoms with van der Waals surface area (Å²) in [6.07, 6.45) is 0.872. The van der Waals surface area contributed by atoms with Gasteiger partial charge in [-0.15, -0.1) is 11.3 Å². The van der Waals surface area contributed by atoms with Gasteiger partial charge < -0.3 is 10.1 Å². The maximum Gasteiger partial charge on any atom is 0.123 e. The summed E-state index contributed by atoms with van der Waals surface area (Å²) in [5.41, 5.74) is 0.968. The molecule has 1 unspecified atom stereocenters. The summed E-state index contributed by atoms with van der Waals surface area (Å²) in [6.45, 7) is 2.92. The number of ether oxygens (including phenoxy) is 1. The second-order valence-electron chi connectivity index (χ2n) is 4.84. The van der Waals surface area contributed by atoms with Gasteiger partial charge in [-0.3, -0.25) is 0 Å². The fourth-order valence-corrected chi connectivity index (χ4v) is 3.11. The molecule has 100 valence electrons. The van der Waals surface area contributed by atoms with Crippen LogP contribution in [0.2, 0.25) is 0 Å². The molecule has 0 radical (unpaired) electrons. The van der Waals surface area contributed by atoms with Gasteiger partial charge >= 0.3 is 0 Å². The molecule has 1 N–H and O–H groups in total. The second-order valence-corrected chi connectivity index (χ2v) is 5.82. The lowest BCUT2D eigenvalue weighted by atomic mass is 10.1. The smallest absolute Gasteiger partial charge is 0.123 e. The van der Waals surface area contributed by atoms with Crippen LogP contribution in [0, 0.1) is 5.82 Å². The van der Waals surface area contributed by atoms with Crippen molar-refractivity contribution in [2.75, 3.05) is 6.54 Å². The number of fused-ring (bicyclic) bond motifs is 1. The van der Waals surface area contributed by atoms with Crippen LogP contribution in [0.15, 0.2) is 35.7 Å². The first kappa shape index (κ1) is 12.6. The maximum absolute atomic E-state index is 13.1. The van der Waals surface area contributed by atoms with E-state index >= 15 is 0 Å². The molecule has 3 rings (SSSR count). The molecule has 0 saturated carbocycles. The van der Waals surface area contributed by atoms with Crippen molar-refractivity contribution in [3.63, 3.8) is 0 Å². The third-order valence-electron chi connectivity index (χ3n) is 3.39. The molecule has 0 amide bonds. The van der Waals surface area contributed by atoms with Gasteiger partial charge in [0.15, 0.2) is 0 Å². The zero-order valence-electron chi connectivity index (χ0n) is 10.7. The molecule has 1 aliphatic heterocycles. The summed E-state index contributed by atoms with van der Waals surface area (Å²) in [7, 11) is 0. The Kier molecular flexibility index (Phi) is 3.53. The number of rotatable bonds is 4. The minimum atomic E-state index is -0.192. The van der Waals surface area contributed by atoms with E-state index in [1.807, 2.05) is 0 Å². The number of nitrogens with one attached hydrogen (secondary N) is 1. The van der Waals surface area contributed by atoms with Crippen molar-refractivity contribution in [1.82, 2.24) is 5.32 Å². The van der Waals surface area contributed by atoms with Crippen LogP contribution in [0.25, 0.3) is 0 Å². The highest BCUT2D eigenvalue weighted by Crippen LogP contribution is 2.29. The number of thiophene rings is 1. The van der Waals surface area contributed by atoms with Crippen molar-refractivity contribution in [3.05, 3.63) is 52.0 Å².